The normalized spacial score (nSPS) is 48.2. The van der Waals surface area contributed by atoms with Gasteiger partial charge in [0.05, 0.1) is 13.2 Å². The minimum Gasteiger partial charge on any atom is -0.394 e. The van der Waals surface area contributed by atoms with Crippen molar-refractivity contribution in [2.75, 3.05) is 13.2 Å². The van der Waals surface area contributed by atoms with Crippen molar-refractivity contribution in [3.63, 3.8) is 0 Å². The highest BCUT2D eigenvalue weighted by Gasteiger charge is 2.52. The van der Waals surface area contributed by atoms with Gasteiger partial charge in [0, 0.05) is 0 Å². The number of ether oxygens (including phenoxy) is 1. The van der Waals surface area contributed by atoms with E-state index in [-0.39, 0.29) is 0 Å². The van der Waals surface area contributed by atoms with Crippen molar-refractivity contribution in [1.82, 2.24) is 0 Å². The lowest BCUT2D eigenvalue weighted by Gasteiger charge is -2.21. The van der Waals surface area contributed by atoms with Gasteiger partial charge in [-0.2, -0.15) is 0 Å². The molecule has 1 rings (SSSR count). The fourth-order valence-electron chi connectivity index (χ4n) is 1.13. The van der Waals surface area contributed by atoms with E-state index in [1.807, 2.05) is 0 Å². The van der Waals surface area contributed by atoms with Crippen LogP contribution in [-0.4, -0.2) is 57.0 Å². The number of aliphatic hydroxyl groups excluding tert-OH is 4. The lowest BCUT2D eigenvalue weighted by atomic mass is 10.1. The first-order valence-corrected chi connectivity index (χ1v) is 3.87. The Balaban J connectivity index is 2.72. The molecule has 0 aromatic heterocycles. The first kappa shape index (κ1) is 10.2. The SMILES string of the molecule is OC[C@H]1OC(Cl)(CO)[C@@H](O)[C@@H]1O. The third kappa shape index (κ3) is 1.44. The van der Waals surface area contributed by atoms with E-state index in [4.69, 9.17) is 26.6 Å². The van der Waals surface area contributed by atoms with Crippen molar-refractivity contribution in [1.29, 1.82) is 0 Å². The maximum atomic E-state index is 9.24. The highest BCUT2D eigenvalue weighted by Crippen LogP contribution is 2.34. The molecule has 0 spiro atoms. The molecule has 6 heteroatoms. The molecule has 1 fully saturated rings. The molecule has 0 amide bonds. The van der Waals surface area contributed by atoms with Crippen molar-refractivity contribution in [2.45, 2.75) is 23.4 Å². The number of hydrogen-bond acceptors (Lipinski definition) is 5. The van der Waals surface area contributed by atoms with Gasteiger partial charge in [0.15, 0.2) is 5.06 Å². The van der Waals surface area contributed by atoms with Crippen LogP contribution in [-0.2, 0) is 4.74 Å². The zero-order valence-electron chi connectivity index (χ0n) is 6.22. The van der Waals surface area contributed by atoms with Gasteiger partial charge in [-0.1, -0.05) is 11.6 Å². The summed E-state index contributed by atoms with van der Waals surface area (Å²) in [6.07, 6.45) is -3.59. The van der Waals surface area contributed by atoms with E-state index in [0.717, 1.165) is 0 Å². The van der Waals surface area contributed by atoms with Crippen molar-refractivity contribution >= 4 is 11.6 Å². The molecule has 4 N–H and O–H groups in total. The van der Waals surface area contributed by atoms with Gasteiger partial charge in [0.1, 0.15) is 18.3 Å². The minimum absolute atomic E-state index is 0.452. The summed E-state index contributed by atoms with van der Waals surface area (Å²) in [4.78, 5) is 0. The van der Waals surface area contributed by atoms with Crippen LogP contribution in [0.4, 0.5) is 0 Å². The van der Waals surface area contributed by atoms with Gasteiger partial charge < -0.3 is 25.2 Å². The molecule has 12 heavy (non-hydrogen) atoms. The Kier molecular flexibility index (Phi) is 2.92. The Hall–Kier alpha value is 0.0900. The molecule has 0 bridgehead atoms. The molecule has 1 saturated heterocycles. The van der Waals surface area contributed by atoms with Crippen LogP contribution in [0.25, 0.3) is 0 Å². The topological polar surface area (TPSA) is 90.2 Å². The molecular weight excluding hydrogens is 188 g/mol. The molecule has 1 heterocycles. The zero-order valence-corrected chi connectivity index (χ0v) is 6.98. The summed E-state index contributed by atoms with van der Waals surface area (Å²) >= 11 is 5.58. The standard InChI is InChI=1S/C6H11ClO5/c7-6(2-9)5(11)4(10)3(1-8)12-6/h3-5,8-11H,1-2H2/t3-,4-,5+,6?/m1/s1. The molecule has 72 valence electrons. The summed E-state index contributed by atoms with van der Waals surface area (Å²) in [5.74, 6) is 0. The first-order valence-electron chi connectivity index (χ1n) is 3.49. The average Bonchev–Trinajstić information content (AvgIpc) is 2.31. The number of aliphatic hydroxyl groups is 4. The predicted octanol–water partition coefficient (Wildman–Crippen LogP) is -1.97. The Bertz CT molecular complexity index is 166. The molecule has 4 atom stereocenters. The summed E-state index contributed by atoms with van der Waals surface area (Å²) in [5, 5.41) is 34.1. The third-order valence-electron chi connectivity index (χ3n) is 1.89. The second-order valence-electron chi connectivity index (χ2n) is 2.72. The van der Waals surface area contributed by atoms with Crippen LogP contribution >= 0.6 is 11.6 Å². The zero-order chi connectivity index (χ0) is 9.35. The number of halogens is 1. The van der Waals surface area contributed by atoms with Crippen LogP contribution < -0.4 is 0 Å². The van der Waals surface area contributed by atoms with E-state index < -0.39 is 36.6 Å². The minimum atomic E-state index is -1.69. The summed E-state index contributed by atoms with van der Waals surface area (Å²) in [7, 11) is 0. The van der Waals surface area contributed by atoms with Crippen molar-refractivity contribution in [3.8, 4) is 0 Å². The van der Waals surface area contributed by atoms with Crippen LogP contribution in [0.5, 0.6) is 0 Å². The van der Waals surface area contributed by atoms with E-state index in [1.54, 1.807) is 0 Å². The Morgan fingerprint density at radius 1 is 1.33 bits per heavy atom. The van der Waals surface area contributed by atoms with Gasteiger partial charge in [-0.15, -0.1) is 0 Å². The molecule has 0 aromatic carbocycles. The van der Waals surface area contributed by atoms with Crippen LogP contribution in [0.15, 0.2) is 0 Å². The van der Waals surface area contributed by atoms with Gasteiger partial charge in [-0.05, 0) is 0 Å². The summed E-state index contributed by atoms with van der Waals surface area (Å²) in [6.45, 7) is -1.07. The predicted molar refractivity (Wildman–Crippen MR) is 39.6 cm³/mol. The fraction of sp³-hybridized carbons (Fsp3) is 1.00. The Morgan fingerprint density at radius 2 is 1.92 bits per heavy atom. The molecule has 5 nitrogen and oxygen atoms in total. The average molecular weight is 199 g/mol. The van der Waals surface area contributed by atoms with Crippen LogP contribution in [0, 0.1) is 0 Å². The maximum absolute atomic E-state index is 9.24. The number of rotatable bonds is 2. The lowest BCUT2D eigenvalue weighted by Crippen LogP contribution is -2.41. The molecular formula is C6H11ClO5. The second-order valence-corrected chi connectivity index (χ2v) is 3.36. The van der Waals surface area contributed by atoms with E-state index in [0.29, 0.717) is 0 Å². The number of hydrogen-bond donors (Lipinski definition) is 4. The molecule has 0 radical (unpaired) electrons. The Labute approximate surface area is 74.2 Å². The molecule has 0 saturated carbocycles. The fourth-order valence-corrected chi connectivity index (χ4v) is 1.37. The van der Waals surface area contributed by atoms with E-state index >= 15 is 0 Å². The monoisotopic (exact) mass is 198 g/mol. The largest absolute Gasteiger partial charge is 0.394 e. The van der Waals surface area contributed by atoms with Crippen LogP contribution in [0.1, 0.15) is 0 Å². The summed E-state index contributed by atoms with van der Waals surface area (Å²) in [5.41, 5.74) is 0. The maximum Gasteiger partial charge on any atom is 0.193 e. The summed E-state index contributed by atoms with van der Waals surface area (Å²) in [6, 6.07) is 0. The highest BCUT2D eigenvalue weighted by atomic mass is 35.5. The van der Waals surface area contributed by atoms with Crippen molar-refractivity contribution < 1.29 is 25.2 Å². The van der Waals surface area contributed by atoms with E-state index in [9.17, 15) is 10.2 Å². The molecule has 1 aliphatic rings. The molecule has 0 aliphatic carbocycles. The van der Waals surface area contributed by atoms with Crippen molar-refractivity contribution in [2.24, 2.45) is 0 Å². The smallest absolute Gasteiger partial charge is 0.193 e. The van der Waals surface area contributed by atoms with E-state index in [1.165, 1.54) is 0 Å². The highest BCUT2D eigenvalue weighted by molar-refractivity contribution is 6.23. The van der Waals surface area contributed by atoms with Crippen molar-refractivity contribution in [3.05, 3.63) is 0 Å². The second kappa shape index (κ2) is 3.45. The van der Waals surface area contributed by atoms with Gasteiger partial charge in [-0.25, -0.2) is 0 Å². The first-order chi connectivity index (χ1) is 5.55. The lowest BCUT2D eigenvalue weighted by molar-refractivity contribution is -0.0653. The quantitative estimate of drug-likeness (QED) is 0.387. The van der Waals surface area contributed by atoms with Gasteiger partial charge in [0.25, 0.3) is 0 Å². The van der Waals surface area contributed by atoms with E-state index in [2.05, 4.69) is 0 Å². The third-order valence-corrected chi connectivity index (χ3v) is 2.32. The van der Waals surface area contributed by atoms with Crippen LogP contribution in [0.3, 0.4) is 0 Å². The van der Waals surface area contributed by atoms with Crippen LogP contribution in [0.2, 0.25) is 0 Å². The van der Waals surface area contributed by atoms with Gasteiger partial charge in [0.2, 0.25) is 0 Å². The number of alkyl halides is 1. The molecule has 0 aromatic rings. The van der Waals surface area contributed by atoms with Gasteiger partial charge >= 0.3 is 0 Å². The molecule has 1 aliphatic heterocycles. The Morgan fingerprint density at radius 3 is 2.17 bits per heavy atom. The summed E-state index contributed by atoms with van der Waals surface area (Å²) < 4.78 is 4.84. The molecule has 1 unspecified atom stereocenters. The van der Waals surface area contributed by atoms with Gasteiger partial charge in [-0.3, -0.25) is 0 Å².